The monoisotopic (exact) mass is 467 g/mol. The number of ketones is 1. The predicted molar refractivity (Wildman–Crippen MR) is 132 cm³/mol. The second-order valence-electron chi connectivity index (χ2n) is 8.76. The van der Waals surface area contributed by atoms with Crippen molar-refractivity contribution >= 4 is 23.3 Å². The van der Waals surface area contributed by atoms with E-state index in [0.29, 0.717) is 30.4 Å². The molecule has 3 atom stereocenters. The molecular formula is C26H42ClNO4. The van der Waals surface area contributed by atoms with E-state index in [9.17, 15) is 14.7 Å². The van der Waals surface area contributed by atoms with Gasteiger partial charge in [-0.05, 0) is 31.3 Å². The van der Waals surface area contributed by atoms with Crippen molar-refractivity contribution in [3.05, 3.63) is 34.9 Å². The third-order valence-corrected chi connectivity index (χ3v) is 6.45. The van der Waals surface area contributed by atoms with Crippen molar-refractivity contribution in [2.75, 3.05) is 20.7 Å². The molecule has 0 aromatic carbocycles. The van der Waals surface area contributed by atoms with Crippen LogP contribution in [0.3, 0.4) is 0 Å². The van der Waals surface area contributed by atoms with Crippen LogP contribution >= 0.6 is 11.6 Å². The van der Waals surface area contributed by atoms with Gasteiger partial charge in [-0.1, -0.05) is 75.8 Å². The van der Waals surface area contributed by atoms with Crippen LogP contribution in [0.4, 0.5) is 0 Å². The number of allylic oxidation sites excluding steroid dienone is 1. The normalized spacial score (nSPS) is 20.5. The van der Waals surface area contributed by atoms with Crippen LogP contribution in [-0.2, 0) is 14.3 Å². The molecule has 0 fully saturated rings. The van der Waals surface area contributed by atoms with Gasteiger partial charge in [-0.3, -0.25) is 9.59 Å². The largest absolute Gasteiger partial charge is 0.392 e. The third-order valence-electron chi connectivity index (χ3n) is 6.18. The summed E-state index contributed by atoms with van der Waals surface area (Å²) in [7, 11) is 3.48. The number of amides is 1. The van der Waals surface area contributed by atoms with E-state index < -0.39 is 12.0 Å². The van der Waals surface area contributed by atoms with Crippen LogP contribution in [0.1, 0.15) is 78.1 Å². The molecule has 0 unspecified atom stereocenters. The third kappa shape index (κ3) is 10.0. The summed E-state index contributed by atoms with van der Waals surface area (Å²) in [6.07, 6.45) is 15.2. The van der Waals surface area contributed by atoms with Crippen LogP contribution in [0.25, 0.3) is 0 Å². The maximum Gasteiger partial charge on any atom is 0.222 e. The number of Topliss-reactive ketones (excluding diaryl/α,β-unsaturated/α-hetero) is 1. The van der Waals surface area contributed by atoms with Crippen molar-refractivity contribution in [2.45, 2.75) is 90.3 Å². The number of ether oxygens (including phenoxy) is 1. The fourth-order valence-corrected chi connectivity index (χ4v) is 4.03. The fraction of sp³-hybridized carbons (Fsp3) is 0.692. The maximum atomic E-state index is 12.5. The van der Waals surface area contributed by atoms with Gasteiger partial charge in [-0.25, -0.2) is 0 Å². The molecule has 0 bridgehead atoms. The lowest BCUT2D eigenvalue weighted by atomic mass is 9.83. The van der Waals surface area contributed by atoms with Crippen LogP contribution in [0.5, 0.6) is 0 Å². The molecule has 1 aliphatic carbocycles. The number of methoxy groups -OCH3 is 1. The lowest BCUT2D eigenvalue weighted by Crippen LogP contribution is -2.34. The highest BCUT2D eigenvalue weighted by atomic mass is 35.5. The van der Waals surface area contributed by atoms with E-state index in [4.69, 9.17) is 16.3 Å². The number of halogens is 1. The predicted octanol–water partition coefficient (Wildman–Crippen LogP) is 5.57. The highest BCUT2D eigenvalue weighted by Crippen LogP contribution is 2.26. The maximum absolute atomic E-state index is 12.5. The van der Waals surface area contributed by atoms with Crippen molar-refractivity contribution in [1.82, 2.24) is 4.90 Å². The van der Waals surface area contributed by atoms with Crippen molar-refractivity contribution in [3.63, 3.8) is 0 Å². The first kappa shape index (κ1) is 28.6. The summed E-state index contributed by atoms with van der Waals surface area (Å²) in [5.74, 6) is -0.584. The minimum Gasteiger partial charge on any atom is -0.392 e. The van der Waals surface area contributed by atoms with Gasteiger partial charge in [0.1, 0.15) is 0 Å². The van der Waals surface area contributed by atoms with Gasteiger partial charge in [-0.15, -0.1) is 0 Å². The highest BCUT2D eigenvalue weighted by Gasteiger charge is 2.30. The number of rotatable bonds is 15. The molecule has 6 heteroatoms. The minimum absolute atomic E-state index is 0.00169. The first-order valence-corrected chi connectivity index (χ1v) is 12.4. The van der Waals surface area contributed by atoms with Crippen LogP contribution in [0, 0.1) is 5.92 Å². The molecule has 0 radical (unpaired) electrons. The van der Waals surface area contributed by atoms with Crippen LogP contribution < -0.4 is 0 Å². The number of unbranched alkanes of at least 4 members (excludes halogenated alkanes) is 4. The van der Waals surface area contributed by atoms with E-state index in [1.807, 2.05) is 6.08 Å². The number of aliphatic hydroxyl groups is 1. The second-order valence-corrected chi connectivity index (χ2v) is 8.98. The Morgan fingerprint density at radius 1 is 1.31 bits per heavy atom. The molecular weight excluding hydrogens is 426 g/mol. The molecule has 0 heterocycles. The molecule has 32 heavy (non-hydrogen) atoms. The number of likely N-dealkylation sites (N-methyl/N-ethyl adjacent to an activating group) is 1. The van der Waals surface area contributed by atoms with Gasteiger partial charge in [0.2, 0.25) is 5.91 Å². The van der Waals surface area contributed by atoms with E-state index in [1.165, 1.54) is 37.6 Å². The molecule has 0 spiro atoms. The topological polar surface area (TPSA) is 66.8 Å². The lowest BCUT2D eigenvalue weighted by Gasteiger charge is -2.26. The van der Waals surface area contributed by atoms with Gasteiger partial charge in [0.15, 0.2) is 5.78 Å². The van der Waals surface area contributed by atoms with E-state index in [2.05, 4.69) is 13.0 Å². The van der Waals surface area contributed by atoms with Gasteiger partial charge in [0.25, 0.3) is 0 Å². The smallest absolute Gasteiger partial charge is 0.222 e. The Morgan fingerprint density at radius 3 is 2.69 bits per heavy atom. The number of hydrogen-bond donors (Lipinski definition) is 1. The minimum atomic E-state index is -0.660. The van der Waals surface area contributed by atoms with Crippen LogP contribution in [0.2, 0.25) is 0 Å². The average molecular weight is 468 g/mol. The zero-order valence-electron chi connectivity index (χ0n) is 20.3. The Balaban J connectivity index is 2.39. The molecule has 1 amide bonds. The Hall–Kier alpha value is -1.43. The van der Waals surface area contributed by atoms with E-state index in [-0.39, 0.29) is 24.3 Å². The molecule has 5 nitrogen and oxygen atoms in total. The van der Waals surface area contributed by atoms with Gasteiger partial charge < -0.3 is 14.7 Å². The molecule has 1 aliphatic rings. The summed E-state index contributed by atoms with van der Waals surface area (Å²) in [5.41, 5.74) is 2.49. The Labute approximate surface area is 199 Å². The van der Waals surface area contributed by atoms with Crippen LogP contribution in [0.15, 0.2) is 34.9 Å². The van der Waals surface area contributed by atoms with Crippen LogP contribution in [-0.4, -0.2) is 54.6 Å². The molecule has 0 aromatic rings. The quantitative estimate of drug-likeness (QED) is 0.252. The zero-order valence-corrected chi connectivity index (χ0v) is 21.1. The van der Waals surface area contributed by atoms with Gasteiger partial charge in [0, 0.05) is 44.1 Å². The molecule has 0 saturated heterocycles. The van der Waals surface area contributed by atoms with Gasteiger partial charge in [0.05, 0.1) is 12.2 Å². The summed E-state index contributed by atoms with van der Waals surface area (Å²) in [6.45, 7) is 4.21. The molecule has 182 valence electrons. The second kappa shape index (κ2) is 16.2. The highest BCUT2D eigenvalue weighted by molar-refractivity contribution is 6.26. The lowest BCUT2D eigenvalue weighted by molar-refractivity contribution is -0.129. The van der Waals surface area contributed by atoms with Crippen molar-refractivity contribution in [3.8, 4) is 0 Å². The SMILES string of the molecule is CCCCCCC[C@@H](C/C=C/CCC(=O)N(C)C/C(=C/Cl)C1=CC[C@@H](O)[C@@H](C)C1=O)OC. The Morgan fingerprint density at radius 2 is 2.03 bits per heavy atom. The Bertz CT molecular complexity index is 671. The number of carbonyl (C=O) groups is 2. The first-order chi connectivity index (χ1) is 15.3. The Kier molecular flexibility index (Phi) is 14.5. The van der Waals surface area contributed by atoms with Gasteiger partial charge >= 0.3 is 0 Å². The van der Waals surface area contributed by atoms with Crippen molar-refractivity contribution < 1.29 is 19.4 Å². The van der Waals surface area contributed by atoms with E-state index >= 15 is 0 Å². The molecule has 1 rings (SSSR count). The first-order valence-electron chi connectivity index (χ1n) is 12.0. The molecule has 0 aliphatic heterocycles. The average Bonchev–Trinajstić information content (AvgIpc) is 2.79. The summed E-state index contributed by atoms with van der Waals surface area (Å²) < 4.78 is 5.57. The summed E-state index contributed by atoms with van der Waals surface area (Å²) in [4.78, 5) is 26.6. The van der Waals surface area contributed by atoms with Crippen molar-refractivity contribution in [1.29, 1.82) is 0 Å². The number of carbonyl (C=O) groups excluding carboxylic acids is 2. The number of hydrogen-bond acceptors (Lipinski definition) is 4. The molecule has 0 saturated carbocycles. The van der Waals surface area contributed by atoms with E-state index in [1.54, 1.807) is 32.1 Å². The van der Waals surface area contributed by atoms with Crippen molar-refractivity contribution in [2.24, 2.45) is 5.92 Å². The summed E-state index contributed by atoms with van der Waals surface area (Å²) in [6, 6.07) is 0. The number of nitrogens with zero attached hydrogens (tertiary/aromatic N) is 1. The molecule has 1 N–H and O–H groups in total. The molecule has 0 aromatic heterocycles. The van der Waals surface area contributed by atoms with Gasteiger partial charge in [-0.2, -0.15) is 0 Å². The zero-order chi connectivity index (χ0) is 23.9. The fourth-order valence-electron chi connectivity index (χ4n) is 3.85. The summed E-state index contributed by atoms with van der Waals surface area (Å²) in [5, 5.41) is 9.86. The van der Waals surface area contributed by atoms with E-state index in [0.717, 1.165) is 12.8 Å². The number of aliphatic hydroxyl groups excluding tert-OH is 1. The standard InChI is InChI=1S/C26H42ClNO4/c1-5-6-7-8-10-13-22(32-4)14-11-9-12-15-25(30)28(3)19-21(18-27)23-16-17-24(29)20(2)26(23)31/h9,11,16,18,20,22,24,29H,5-8,10,12-15,17,19H2,1-4H3/b11-9+,21-18-/t20-,22+,24-/m1/s1. The summed E-state index contributed by atoms with van der Waals surface area (Å²) >= 11 is 5.97.